The van der Waals surface area contributed by atoms with E-state index in [-0.39, 0.29) is 22.9 Å². The number of phosphoric acid groups is 1. The number of phosphoric ester groups is 1. The molecule has 0 aliphatic carbocycles. The smallest absolute Gasteiger partial charge is 0.387 e. The van der Waals surface area contributed by atoms with Crippen LogP contribution in [0.25, 0.3) is 11.2 Å². The summed E-state index contributed by atoms with van der Waals surface area (Å²) in [5.41, 5.74) is 6.29. The maximum atomic E-state index is 10.8. The maximum Gasteiger partial charge on any atom is 0.469 e. The van der Waals surface area contributed by atoms with Crippen LogP contribution < -0.4 is 11.1 Å². The zero-order valence-electron chi connectivity index (χ0n) is 12.9. The third-order valence-corrected chi connectivity index (χ3v) is 4.21. The number of hydrogen-bond acceptors (Lipinski definition) is 10. The number of nitrogen functional groups attached to an aromatic ring is 1. The fourth-order valence-corrected chi connectivity index (χ4v) is 2.94. The van der Waals surface area contributed by atoms with Crippen LogP contribution in [0.3, 0.4) is 0 Å². The molecule has 1 saturated heterocycles. The second kappa shape index (κ2) is 6.46. The molecule has 0 bridgehead atoms. The molecule has 0 aromatic carbocycles. The van der Waals surface area contributed by atoms with Crippen molar-refractivity contribution >= 4 is 30.8 Å². The molecule has 3 rings (SSSR count). The summed E-state index contributed by atoms with van der Waals surface area (Å²) < 4.78 is 22.1. The van der Waals surface area contributed by atoms with Gasteiger partial charge in [0.1, 0.15) is 24.6 Å². The van der Waals surface area contributed by atoms with Crippen molar-refractivity contribution in [2.75, 3.05) is 24.7 Å². The third kappa shape index (κ3) is 3.30. The third-order valence-electron chi connectivity index (χ3n) is 3.73. The van der Waals surface area contributed by atoms with E-state index in [1.165, 1.54) is 10.9 Å². The van der Waals surface area contributed by atoms with Crippen molar-refractivity contribution in [3.05, 3.63) is 6.33 Å². The summed E-state index contributed by atoms with van der Waals surface area (Å²) >= 11 is 0. The van der Waals surface area contributed by atoms with Gasteiger partial charge in [-0.2, -0.15) is 0 Å². The number of rotatable bonds is 5. The number of aliphatic hydroxyl groups is 2. The summed E-state index contributed by atoms with van der Waals surface area (Å²) in [7, 11) is -3.17. The van der Waals surface area contributed by atoms with Gasteiger partial charge in [-0.25, -0.2) is 19.5 Å². The molecule has 0 saturated carbocycles. The number of nitrogens with two attached hydrogens (primary N) is 1. The van der Waals surface area contributed by atoms with Gasteiger partial charge in [0.25, 0.3) is 0 Å². The summed E-state index contributed by atoms with van der Waals surface area (Å²) in [6.07, 6.45) is -3.97. The molecule has 0 spiro atoms. The maximum absolute atomic E-state index is 10.8. The first kappa shape index (κ1) is 17.9. The van der Waals surface area contributed by atoms with E-state index in [1.54, 1.807) is 7.05 Å². The molecule has 25 heavy (non-hydrogen) atoms. The monoisotopic (exact) mass is 376 g/mol. The van der Waals surface area contributed by atoms with Crippen LogP contribution in [0.4, 0.5) is 11.8 Å². The quantitative estimate of drug-likeness (QED) is 0.320. The topological polar surface area (TPSA) is 198 Å². The van der Waals surface area contributed by atoms with Crippen molar-refractivity contribution in [2.24, 2.45) is 0 Å². The molecule has 0 unspecified atom stereocenters. The number of imidazole rings is 1. The van der Waals surface area contributed by atoms with Crippen molar-refractivity contribution in [3.8, 4) is 0 Å². The van der Waals surface area contributed by atoms with E-state index < -0.39 is 39.0 Å². The van der Waals surface area contributed by atoms with E-state index in [0.717, 1.165) is 0 Å². The Labute approximate surface area is 140 Å². The van der Waals surface area contributed by atoms with Gasteiger partial charge in [0.15, 0.2) is 23.2 Å². The molecule has 3 heterocycles. The lowest BCUT2D eigenvalue weighted by atomic mass is 10.1. The first-order chi connectivity index (χ1) is 11.7. The van der Waals surface area contributed by atoms with Gasteiger partial charge in [0, 0.05) is 7.05 Å². The second-order valence-electron chi connectivity index (χ2n) is 5.32. The molecule has 138 valence electrons. The van der Waals surface area contributed by atoms with Crippen LogP contribution in [0.5, 0.6) is 0 Å². The Kier molecular flexibility index (Phi) is 4.64. The van der Waals surface area contributed by atoms with E-state index >= 15 is 0 Å². The Morgan fingerprint density at radius 3 is 2.76 bits per heavy atom. The average Bonchev–Trinajstić information content (AvgIpc) is 3.05. The number of anilines is 2. The van der Waals surface area contributed by atoms with Crippen molar-refractivity contribution in [1.29, 1.82) is 0 Å². The lowest BCUT2D eigenvalue weighted by Crippen LogP contribution is -2.33. The molecule has 1 aliphatic rings. The van der Waals surface area contributed by atoms with Crippen LogP contribution in [-0.4, -0.2) is 71.5 Å². The summed E-state index contributed by atoms with van der Waals surface area (Å²) in [5, 5.41) is 23.2. The molecular weight excluding hydrogens is 359 g/mol. The van der Waals surface area contributed by atoms with Crippen LogP contribution in [0.2, 0.25) is 0 Å². The second-order valence-corrected chi connectivity index (χ2v) is 6.56. The van der Waals surface area contributed by atoms with Gasteiger partial charge in [-0.15, -0.1) is 0 Å². The highest BCUT2D eigenvalue weighted by molar-refractivity contribution is 7.46. The highest BCUT2D eigenvalue weighted by Gasteiger charge is 2.46. The number of nitrogens with one attached hydrogen (secondary N) is 1. The molecule has 14 heteroatoms. The van der Waals surface area contributed by atoms with Crippen LogP contribution in [0.1, 0.15) is 6.23 Å². The summed E-state index contributed by atoms with van der Waals surface area (Å²) in [6, 6.07) is 0. The van der Waals surface area contributed by atoms with Crippen molar-refractivity contribution in [2.45, 2.75) is 24.5 Å². The number of fused-ring (bicyclic) bond motifs is 1. The zero-order chi connectivity index (χ0) is 18.4. The van der Waals surface area contributed by atoms with Gasteiger partial charge in [-0.05, 0) is 0 Å². The predicted octanol–water partition coefficient (Wildman–Crippen LogP) is -1.82. The number of hydrogen-bond donors (Lipinski definition) is 6. The first-order valence-electron chi connectivity index (χ1n) is 7.10. The van der Waals surface area contributed by atoms with E-state index in [1.807, 2.05) is 0 Å². The molecule has 7 N–H and O–H groups in total. The zero-order valence-corrected chi connectivity index (χ0v) is 13.8. The van der Waals surface area contributed by atoms with E-state index in [0.29, 0.717) is 0 Å². The molecule has 2 aromatic rings. The van der Waals surface area contributed by atoms with Gasteiger partial charge in [-0.3, -0.25) is 9.09 Å². The minimum atomic E-state index is -4.75. The van der Waals surface area contributed by atoms with Crippen molar-refractivity contribution < 1.29 is 33.8 Å². The fourth-order valence-electron chi connectivity index (χ4n) is 2.59. The van der Waals surface area contributed by atoms with Gasteiger partial charge in [0.05, 0.1) is 6.61 Å². The van der Waals surface area contributed by atoms with E-state index in [9.17, 15) is 14.8 Å². The molecule has 13 nitrogen and oxygen atoms in total. The molecule has 1 fully saturated rings. The number of aliphatic hydroxyl groups excluding tert-OH is 2. The minimum absolute atomic E-state index is 0.120. The Bertz CT molecular complexity index is 825. The van der Waals surface area contributed by atoms with Crippen molar-refractivity contribution in [1.82, 2.24) is 19.5 Å². The van der Waals surface area contributed by atoms with Crippen molar-refractivity contribution in [3.63, 3.8) is 0 Å². The van der Waals surface area contributed by atoms with Gasteiger partial charge >= 0.3 is 7.82 Å². The number of nitrogens with zero attached hydrogens (tertiary/aromatic N) is 4. The lowest BCUT2D eigenvalue weighted by Gasteiger charge is -2.19. The highest BCUT2D eigenvalue weighted by Crippen LogP contribution is 2.39. The Balaban J connectivity index is 1.95. The molecule has 4 atom stereocenters. The average molecular weight is 376 g/mol. The molecule has 0 amide bonds. The molecule has 2 aromatic heterocycles. The number of aromatic nitrogens is 4. The first-order valence-corrected chi connectivity index (χ1v) is 8.64. The summed E-state index contributed by atoms with van der Waals surface area (Å²) in [6.45, 7) is -0.613. The Morgan fingerprint density at radius 2 is 2.12 bits per heavy atom. The van der Waals surface area contributed by atoms with Crippen LogP contribution in [0, 0.1) is 0 Å². The normalized spacial score (nSPS) is 27.1. The van der Waals surface area contributed by atoms with Crippen LogP contribution in [-0.2, 0) is 13.8 Å². The highest BCUT2D eigenvalue weighted by atomic mass is 31.2. The SMILES string of the molecule is CNc1nc2c(N)ncnc2n1[C@@H]1O[C@H](COP(=O)(O)O)[C@@H](O)[C@H]1O. The standard InChI is InChI=1S/C11H17N6O7P/c1-13-11-16-5-8(12)14-3-15-9(5)17(11)10-7(19)6(18)4(24-10)2-23-25(20,21)22/h3-4,6-7,10,18-19H,2H2,1H3,(H,13,16)(H2,12,14,15)(H2,20,21,22)/t4-,6-,7-,10-/m1/s1. The van der Waals surface area contributed by atoms with Gasteiger partial charge in [-0.1, -0.05) is 0 Å². The summed E-state index contributed by atoms with van der Waals surface area (Å²) in [5.74, 6) is 0.365. The molecular formula is C11H17N6O7P. The van der Waals surface area contributed by atoms with Crippen LogP contribution >= 0.6 is 7.82 Å². The minimum Gasteiger partial charge on any atom is -0.387 e. The van der Waals surface area contributed by atoms with Crippen LogP contribution in [0.15, 0.2) is 6.33 Å². The van der Waals surface area contributed by atoms with E-state index in [2.05, 4.69) is 24.8 Å². The fraction of sp³-hybridized carbons (Fsp3) is 0.545. The van der Waals surface area contributed by atoms with Gasteiger partial charge < -0.3 is 35.8 Å². The largest absolute Gasteiger partial charge is 0.469 e. The Hall–Kier alpha value is -1.86. The lowest BCUT2D eigenvalue weighted by molar-refractivity contribution is -0.0494. The number of ether oxygens (including phenoxy) is 1. The van der Waals surface area contributed by atoms with E-state index in [4.69, 9.17) is 20.3 Å². The molecule has 1 aliphatic heterocycles. The predicted molar refractivity (Wildman–Crippen MR) is 83.2 cm³/mol. The van der Waals surface area contributed by atoms with Gasteiger partial charge in [0.2, 0.25) is 5.95 Å². The molecule has 0 radical (unpaired) electrons. The Morgan fingerprint density at radius 1 is 1.40 bits per heavy atom. The summed E-state index contributed by atoms with van der Waals surface area (Å²) in [4.78, 5) is 29.7.